The summed E-state index contributed by atoms with van der Waals surface area (Å²) in [5.41, 5.74) is 3.86. The van der Waals surface area contributed by atoms with Gasteiger partial charge in [-0.25, -0.2) is 9.97 Å². The van der Waals surface area contributed by atoms with Crippen LogP contribution in [-0.4, -0.2) is 28.5 Å². The van der Waals surface area contributed by atoms with Crippen LogP contribution in [0.2, 0.25) is 0 Å². The van der Waals surface area contributed by atoms with Crippen molar-refractivity contribution in [1.82, 2.24) is 15.0 Å². The number of aromatic nitrogens is 3. The molecular formula is C25H26N4S. The Kier molecular flexibility index (Phi) is 5.45. The summed E-state index contributed by atoms with van der Waals surface area (Å²) in [6.07, 6.45) is 8.42. The molecule has 0 atom stereocenters. The number of nitrogens with zero attached hydrogens (tertiary/aromatic N) is 4. The molecule has 30 heavy (non-hydrogen) atoms. The zero-order valence-corrected chi connectivity index (χ0v) is 18.2. The minimum absolute atomic E-state index is 0.764. The lowest BCUT2D eigenvalue weighted by atomic mass is 9.97. The van der Waals surface area contributed by atoms with Crippen LogP contribution in [0.5, 0.6) is 0 Å². The second-order valence-electron chi connectivity index (χ2n) is 8.01. The lowest BCUT2D eigenvalue weighted by Crippen LogP contribution is -2.23. The number of hydrogen-bond acceptors (Lipinski definition) is 5. The highest BCUT2D eigenvalue weighted by atomic mass is 32.1. The maximum atomic E-state index is 5.09. The third-order valence-electron chi connectivity index (χ3n) is 5.84. The lowest BCUT2D eigenvalue weighted by Gasteiger charge is -2.21. The van der Waals surface area contributed by atoms with Crippen LogP contribution in [-0.2, 0) is 25.7 Å². The second kappa shape index (κ2) is 8.52. The Balaban J connectivity index is 1.52. The standard InChI is InChI=1S/C25H26N4S/c1-29(16-14-19-11-7-8-15-26-19)24-23-20-12-5-6-13-21(20)30-25(23)28-22(27-24)17-18-9-3-2-4-10-18/h2-4,7-11,15H,5-6,12-14,16-17H2,1H3. The molecule has 4 nitrogen and oxygen atoms in total. The highest BCUT2D eigenvalue weighted by molar-refractivity contribution is 7.19. The van der Waals surface area contributed by atoms with Gasteiger partial charge in [-0.2, -0.15) is 0 Å². The van der Waals surface area contributed by atoms with Gasteiger partial charge in [-0.05, 0) is 48.9 Å². The number of anilines is 1. The topological polar surface area (TPSA) is 41.9 Å². The molecule has 4 aromatic rings. The fraction of sp³-hybridized carbons (Fsp3) is 0.320. The van der Waals surface area contributed by atoms with Gasteiger partial charge >= 0.3 is 0 Å². The molecule has 1 aromatic carbocycles. The van der Waals surface area contributed by atoms with Crippen molar-refractivity contribution >= 4 is 27.4 Å². The summed E-state index contributed by atoms with van der Waals surface area (Å²) in [7, 11) is 2.16. The van der Waals surface area contributed by atoms with Crippen molar-refractivity contribution in [3.63, 3.8) is 0 Å². The van der Waals surface area contributed by atoms with E-state index in [0.29, 0.717) is 0 Å². The van der Waals surface area contributed by atoms with Gasteiger partial charge in [-0.15, -0.1) is 11.3 Å². The molecule has 5 rings (SSSR count). The monoisotopic (exact) mass is 414 g/mol. The molecule has 1 aliphatic carbocycles. The summed E-state index contributed by atoms with van der Waals surface area (Å²) < 4.78 is 0. The van der Waals surface area contributed by atoms with Gasteiger partial charge in [0.25, 0.3) is 0 Å². The number of fused-ring (bicyclic) bond motifs is 3. The van der Waals surface area contributed by atoms with Crippen molar-refractivity contribution in [1.29, 1.82) is 0 Å². The number of benzene rings is 1. The van der Waals surface area contributed by atoms with E-state index in [2.05, 4.69) is 59.4 Å². The van der Waals surface area contributed by atoms with Crippen LogP contribution in [0.25, 0.3) is 10.2 Å². The summed E-state index contributed by atoms with van der Waals surface area (Å²) in [5.74, 6) is 1.99. The van der Waals surface area contributed by atoms with Crippen LogP contribution >= 0.6 is 11.3 Å². The van der Waals surface area contributed by atoms with Crippen LogP contribution in [0.1, 0.15) is 40.4 Å². The molecule has 0 fully saturated rings. The van der Waals surface area contributed by atoms with Gasteiger partial charge in [0.05, 0.1) is 5.39 Å². The van der Waals surface area contributed by atoms with Crippen LogP contribution in [0.3, 0.4) is 0 Å². The first-order chi connectivity index (χ1) is 14.8. The fourth-order valence-electron chi connectivity index (χ4n) is 4.25. The molecule has 0 saturated heterocycles. The van der Waals surface area contributed by atoms with Crippen molar-refractivity contribution in [2.45, 2.75) is 38.5 Å². The van der Waals surface area contributed by atoms with Gasteiger partial charge in [0.15, 0.2) is 0 Å². The van der Waals surface area contributed by atoms with Gasteiger partial charge in [0.2, 0.25) is 0 Å². The smallest absolute Gasteiger partial charge is 0.141 e. The van der Waals surface area contributed by atoms with Crippen molar-refractivity contribution in [2.75, 3.05) is 18.5 Å². The zero-order chi connectivity index (χ0) is 20.3. The first kappa shape index (κ1) is 19.2. The molecule has 1 aliphatic rings. The zero-order valence-electron chi connectivity index (χ0n) is 17.3. The quantitative estimate of drug-likeness (QED) is 0.433. The predicted octanol–water partition coefficient (Wildman–Crippen LogP) is 5.23. The molecule has 0 aliphatic heterocycles. The van der Waals surface area contributed by atoms with E-state index in [9.17, 15) is 0 Å². The molecule has 0 amide bonds. The third kappa shape index (κ3) is 3.94. The predicted molar refractivity (Wildman–Crippen MR) is 125 cm³/mol. The summed E-state index contributed by atoms with van der Waals surface area (Å²) in [6, 6.07) is 16.6. The molecule has 0 saturated carbocycles. The SMILES string of the molecule is CN(CCc1ccccn1)c1nc(Cc2ccccc2)nc2sc3c(c12)CCCC3. The van der Waals surface area contributed by atoms with Crippen molar-refractivity contribution in [3.8, 4) is 0 Å². The number of aryl methyl sites for hydroxylation is 2. The molecule has 152 valence electrons. The largest absolute Gasteiger partial charge is 0.359 e. The van der Waals surface area contributed by atoms with E-state index < -0.39 is 0 Å². The Morgan fingerprint density at radius 1 is 0.967 bits per heavy atom. The van der Waals surface area contributed by atoms with E-state index in [1.54, 1.807) is 0 Å². The summed E-state index contributed by atoms with van der Waals surface area (Å²) >= 11 is 1.88. The molecule has 5 heteroatoms. The Bertz CT molecular complexity index is 1140. The Morgan fingerprint density at radius 3 is 2.63 bits per heavy atom. The Hall–Kier alpha value is -2.79. The van der Waals surface area contributed by atoms with Crippen LogP contribution in [0, 0.1) is 0 Å². The molecule has 3 aromatic heterocycles. The van der Waals surface area contributed by atoms with Crippen molar-refractivity contribution < 1.29 is 0 Å². The molecule has 3 heterocycles. The average molecular weight is 415 g/mol. The highest BCUT2D eigenvalue weighted by Gasteiger charge is 2.23. The van der Waals surface area contributed by atoms with Gasteiger partial charge in [0.1, 0.15) is 16.5 Å². The van der Waals surface area contributed by atoms with E-state index in [0.717, 1.165) is 48.0 Å². The van der Waals surface area contributed by atoms with E-state index in [1.807, 2.05) is 23.6 Å². The molecule has 0 bridgehead atoms. The summed E-state index contributed by atoms with van der Waals surface area (Å²) in [4.78, 5) is 19.5. The maximum absolute atomic E-state index is 5.09. The van der Waals surface area contributed by atoms with E-state index >= 15 is 0 Å². The van der Waals surface area contributed by atoms with Gasteiger partial charge in [-0.3, -0.25) is 4.98 Å². The first-order valence-electron chi connectivity index (χ1n) is 10.7. The van der Waals surface area contributed by atoms with E-state index in [1.165, 1.54) is 40.7 Å². The lowest BCUT2D eigenvalue weighted by molar-refractivity contribution is 0.700. The molecule has 0 radical (unpaired) electrons. The minimum atomic E-state index is 0.764. The summed E-state index contributed by atoms with van der Waals surface area (Å²) in [6.45, 7) is 0.887. The number of rotatable bonds is 6. The minimum Gasteiger partial charge on any atom is -0.359 e. The third-order valence-corrected chi connectivity index (χ3v) is 7.02. The van der Waals surface area contributed by atoms with Crippen LogP contribution < -0.4 is 4.90 Å². The molecule has 0 N–H and O–H groups in total. The second-order valence-corrected chi connectivity index (χ2v) is 9.09. The fourth-order valence-corrected chi connectivity index (χ4v) is 5.52. The molecule has 0 spiro atoms. The van der Waals surface area contributed by atoms with E-state index in [-0.39, 0.29) is 0 Å². The number of thiophene rings is 1. The van der Waals surface area contributed by atoms with Gasteiger partial charge in [-0.1, -0.05) is 36.4 Å². The average Bonchev–Trinajstić information content (AvgIpc) is 3.17. The molecule has 0 unspecified atom stereocenters. The van der Waals surface area contributed by atoms with E-state index in [4.69, 9.17) is 9.97 Å². The number of pyridine rings is 1. The van der Waals surface area contributed by atoms with Crippen LogP contribution in [0.15, 0.2) is 54.7 Å². The molecular weight excluding hydrogens is 388 g/mol. The number of likely N-dealkylation sites (N-methyl/N-ethyl adjacent to an activating group) is 1. The Morgan fingerprint density at radius 2 is 1.80 bits per heavy atom. The van der Waals surface area contributed by atoms with Gasteiger partial charge in [0, 0.05) is 43.2 Å². The van der Waals surface area contributed by atoms with Crippen LogP contribution in [0.4, 0.5) is 5.82 Å². The summed E-state index contributed by atoms with van der Waals surface area (Å²) in [5, 5.41) is 1.29. The highest BCUT2D eigenvalue weighted by Crippen LogP contribution is 2.39. The van der Waals surface area contributed by atoms with Crippen molar-refractivity contribution in [2.24, 2.45) is 0 Å². The normalized spacial score (nSPS) is 13.4. The van der Waals surface area contributed by atoms with Crippen molar-refractivity contribution in [3.05, 3.63) is 82.3 Å². The maximum Gasteiger partial charge on any atom is 0.141 e. The Labute approximate surface area is 181 Å². The van der Waals surface area contributed by atoms with Gasteiger partial charge < -0.3 is 4.90 Å². The number of hydrogen-bond donors (Lipinski definition) is 0. The first-order valence-corrected chi connectivity index (χ1v) is 11.6.